The van der Waals surface area contributed by atoms with Gasteiger partial charge in [-0.1, -0.05) is 18.2 Å². The summed E-state index contributed by atoms with van der Waals surface area (Å²) >= 11 is 0. The highest BCUT2D eigenvalue weighted by Crippen LogP contribution is 2.37. The van der Waals surface area contributed by atoms with Crippen LogP contribution in [0.3, 0.4) is 0 Å². The normalized spacial score (nSPS) is 22.8. The predicted octanol–water partition coefficient (Wildman–Crippen LogP) is 1.77. The molecular formula is C19H22N4O3. The van der Waals surface area contributed by atoms with Crippen molar-refractivity contribution in [3.63, 3.8) is 0 Å². The maximum Gasteiger partial charge on any atom is 0.227 e. The number of rotatable bonds is 5. The van der Waals surface area contributed by atoms with Gasteiger partial charge in [0.15, 0.2) is 0 Å². The minimum absolute atomic E-state index is 0.0244. The van der Waals surface area contributed by atoms with Gasteiger partial charge in [-0.15, -0.1) is 10.2 Å². The van der Waals surface area contributed by atoms with E-state index in [9.17, 15) is 9.90 Å². The number of benzene rings is 1. The molecule has 3 atom stereocenters. The quantitative estimate of drug-likeness (QED) is 0.728. The molecule has 0 radical (unpaired) electrons. The van der Waals surface area contributed by atoms with Crippen LogP contribution in [0.25, 0.3) is 11.0 Å². The Morgan fingerprint density at radius 1 is 1.38 bits per heavy atom. The third kappa shape index (κ3) is 3.35. The second-order valence-electron chi connectivity index (χ2n) is 7.03. The largest absolute Gasteiger partial charge is 0.461 e. The number of furan rings is 1. The van der Waals surface area contributed by atoms with E-state index in [1.54, 1.807) is 6.33 Å². The zero-order chi connectivity index (χ0) is 18.1. The number of nitrogens with zero attached hydrogens (tertiary/aromatic N) is 3. The number of hydrogen-bond donors (Lipinski definition) is 2. The Morgan fingerprint density at radius 2 is 2.23 bits per heavy atom. The fourth-order valence-corrected chi connectivity index (χ4v) is 3.78. The van der Waals surface area contributed by atoms with E-state index in [-0.39, 0.29) is 24.2 Å². The molecule has 0 saturated heterocycles. The third-order valence-corrected chi connectivity index (χ3v) is 5.14. The summed E-state index contributed by atoms with van der Waals surface area (Å²) in [7, 11) is 1.91. The molecule has 2 heterocycles. The fraction of sp³-hybridized carbons (Fsp3) is 0.421. The molecule has 0 unspecified atom stereocenters. The maximum atomic E-state index is 12.2. The zero-order valence-corrected chi connectivity index (χ0v) is 14.6. The van der Waals surface area contributed by atoms with Crippen molar-refractivity contribution >= 4 is 16.9 Å². The fourth-order valence-electron chi connectivity index (χ4n) is 3.78. The summed E-state index contributed by atoms with van der Waals surface area (Å²) in [6, 6.07) is 9.59. The third-order valence-electron chi connectivity index (χ3n) is 5.14. The van der Waals surface area contributed by atoms with Crippen LogP contribution in [0.15, 0.2) is 41.1 Å². The SMILES string of the molecule is Cn1cnnc1[C@H]1C[C@H](CNC(=O)Cc2cc3ccccc3o2)[C@H](O)C1. The van der Waals surface area contributed by atoms with Crippen molar-refractivity contribution in [1.29, 1.82) is 0 Å². The van der Waals surface area contributed by atoms with E-state index in [0.29, 0.717) is 18.7 Å². The highest BCUT2D eigenvalue weighted by atomic mass is 16.3. The molecule has 1 fully saturated rings. The van der Waals surface area contributed by atoms with Gasteiger partial charge in [0.1, 0.15) is 23.5 Å². The summed E-state index contributed by atoms with van der Waals surface area (Å²) in [5.41, 5.74) is 0.785. The minimum Gasteiger partial charge on any atom is -0.461 e. The molecule has 1 amide bonds. The number of carbonyl (C=O) groups excluding carboxylic acids is 1. The van der Waals surface area contributed by atoms with E-state index < -0.39 is 6.10 Å². The van der Waals surface area contributed by atoms with Crippen LogP contribution in [0.4, 0.5) is 0 Å². The number of aliphatic hydroxyl groups excluding tert-OH is 1. The first-order chi connectivity index (χ1) is 12.6. The molecule has 2 aromatic heterocycles. The topological polar surface area (TPSA) is 93.2 Å². The Kier molecular flexibility index (Phi) is 4.46. The van der Waals surface area contributed by atoms with Gasteiger partial charge in [0.2, 0.25) is 5.91 Å². The second kappa shape index (κ2) is 6.92. The lowest BCUT2D eigenvalue weighted by Gasteiger charge is -2.14. The molecule has 1 saturated carbocycles. The molecule has 1 aliphatic carbocycles. The molecule has 7 heteroatoms. The van der Waals surface area contributed by atoms with Crippen LogP contribution < -0.4 is 5.32 Å². The van der Waals surface area contributed by atoms with Crippen molar-refractivity contribution in [1.82, 2.24) is 20.1 Å². The molecule has 7 nitrogen and oxygen atoms in total. The summed E-state index contributed by atoms with van der Waals surface area (Å²) in [6.07, 6.45) is 2.87. The molecule has 136 valence electrons. The highest BCUT2D eigenvalue weighted by Gasteiger charge is 2.36. The first kappa shape index (κ1) is 16.8. The van der Waals surface area contributed by atoms with E-state index in [0.717, 1.165) is 23.2 Å². The molecule has 3 aromatic rings. The number of hydrogen-bond acceptors (Lipinski definition) is 5. The lowest BCUT2D eigenvalue weighted by molar-refractivity contribution is -0.120. The van der Waals surface area contributed by atoms with Gasteiger partial charge in [-0.25, -0.2) is 0 Å². The number of para-hydroxylation sites is 1. The minimum atomic E-state index is -0.441. The van der Waals surface area contributed by atoms with Crippen molar-refractivity contribution < 1.29 is 14.3 Å². The van der Waals surface area contributed by atoms with Crippen LogP contribution >= 0.6 is 0 Å². The lowest BCUT2D eigenvalue weighted by Crippen LogP contribution is -2.33. The Labute approximate surface area is 151 Å². The number of amides is 1. The second-order valence-corrected chi connectivity index (χ2v) is 7.03. The summed E-state index contributed by atoms with van der Waals surface area (Å²) in [4.78, 5) is 12.2. The molecule has 1 aromatic carbocycles. The maximum absolute atomic E-state index is 12.2. The van der Waals surface area contributed by atoms with Crippen molar-refractivity contribution in [2.45, 2.75) is 31.3 Å². The van der Waals surface area contributed by atoms with Gasteiger partial charge >= 0.3 is 0 Å². The average molecular weight is 354 g/mol. The van der Waals surface area contributed by atoms with Crippen LogP contribution in [0.1, 0.15) is 30.3 Å². The monoisotopic (exact) mass is 354 g/mol. The Bertz CT molecular complexity index is 883. The summed E-state index contributed by atoms with van der Waals surface area (Å²) in [5.74, 6) is 1.64. The van der Waals surface area contributed by atoms with Crippen LogP contribution in [-0.2, 0) is 18.3 Å². The number of carbonyl (C=O) groups is 1. The number of aliphatic hydroxyl groups is 1. The standard InChI is InChI=1S/C19H22N4O3/c1-23-11-21-22-19(23)13-6-14(16(24)8-13)10-20-18(25)9-15-7-12-4-2-3-5-17(12)26-15/h2-5,7,11,13-14,16,24H,6,8-10H2,1H3,(H,20,25)/t13-,14+,16+/m0/s1. The average Bonchev–Trinajstić information content (AvgIpc) is 3.30. The lowest BCUT2D eigenvalue weighted by atomic mass is 10.0. The van der Waals surface area contributed by atoms with E-state index in [2.05, 4.69) is 15.5 Å². The van der Waals surface area contributed by atoms with Crippen molar-refractivity contribution in [2.75, 3.05) is 6.54 Å². The van der Waals surface area contributed by atoms with Gasteiger partial charge < -0.3 is 19.4 Å². The first-order valence-electron chi connectivity index (χ1n) is 8.86. The van der Waals surface area contributed by atoms with Gasteiger partial charge in [0.05, 0.1) is 12.5 Å². The van der Waals surface area contributed by atoms with Gasteiger partial charge in [-0.2, -0.15) is 0 Å². The molecule has 1 aliphatic rings. The first-order valence-corrected chi connectivity index (χ1v) is 8.86. The van der Waals surface area contributed by atoms with Gasteiger partial charge in [0.25, 0.3) is 0 Å². The van der Waals surface area contributed by atoms with Crippen LogP contribution in [-0.4, -0.2) is 38.4 Å². The zero-order valence-electron chi connectivity index (χ0n) is 14.6. The highest BCUT2D eigenvalue weighted by molar-refractivity contribution is 5.82. The molecule has 0 bridgehead atoms. The van der Waals surface area contributed by atoms with Gasteiger partial charge in [0, 0.05) is 30.8 Å². The van der Waals surface area contributed by atoms with Crippen molar-refractivity contribution in [2.24, 2.45) is 13.0 Å². The number of nitrogens with one attached hydrogen (secondary N) is 1. The van der Waals surface area contributed by atoms with Crippen LogP contribution in [0, 0.1) is 5.92 Å². The Hall–Kier alpha value is -2.67. The molecule has 26 heavy (non-hydrogen) atoms. The summed E-state index contributed by atoms with van der Waals surface area (Å²) in [5, 5.41) is 22.3. The van der Waals surface area contributed by atoms with E-state index in [1.807, 2.05) is 41.9 Å². The number of fused-ring (bicyclic) bond motifs is 1. The van der Waals surface area contributed by atoms with Crippen molar-refractivity contribution in [3.05, 3.63) is 48.2 Å². The van der Waals surface area contributed by atoms with Crippen molar-refractivity contribution in [3.8, 4) is 0 Å². The molecule has 0 spiro atoms. The van der Waals surface area contributed by atoms with E-state index in [1.165, 1.54) is 0 Å². The van der Waals surface area contributed by atoms with Gasteiger partial charge in [-0.05, 0) is 25.0 Å². The smallest absolute Gasteiger partial charge is 0.227 e. The van der Waals surface area contributed by atoms with E-state index >= 15 is 0 Å². The van der Waals surface area contributed by atoms with Gasteiger partial charge in [-0.3, -0.25) is 4.79 Å². The number of aromatic nitrogens is 3. The van der Waals surface area contributed by atoms with E-state index in [4.69, 9.17) is 4.42 Å². The molecule has 4 rings (SSSR count). The predicted molar refractivity (Wildman–Crippen MR) is 95.4 cm³/mol. The number of aryl methyl sites for hydroxylation is 1. The summed E-state index contributed by atoms with van der Waals surface area (Å²) < 4.78 is 7.57. The Morgan fingerprint density at radius 3 is 3.00 bits per heavy atom. The molecule has 0 aliphatic heterocycles. The summed E-state index contributed by atoms with van der Waals surface area (Å²) in [6.45, 7) is 0.453. The Balaban J connectivity index is 1.32. The molecular weight excluding hydrogens is 332 g/mol. The van der Waals surface area contributed by atoms with Crippen LogP contribution in [0.5, 0.6) is 0 Å². The van der Waals surface area contributed by atoms with Crippen LogP contribution in [0.2, 0.25) is 0 Å². The molecule has 2 N–H and O–H groups in total.